The molecule has 11 aromatic carbocycles. The minimum Gasteiger partial charge on any atom is -0.491 e. The van der Waals surface area contributed by atoms with Crippen molar-refractivity contribution in [3.63, 3.8) is 0 Å². The summed E-state index contributed by atoms with van der Waals surface area (Å²) in [7, 11) is 0. The van der Waals surface area contributed by atoms with Gasteiger partial charge in [-0.05, 0) is 127 Å². The van der Waals surface area contributed by atoms with E-state index in [1.807, 2.05) is 322 Å². The number of hydrogen-bond acceptors (Lipinski definition) is 23. The highest BCUT2D eigenvalue weighted by atomic mass is 16.6. The summed E-state index contributed by atoms with van der Waals surface area (Å²) in [6.45, 7) is 2.71. The van der Waals surface area contributed by atoms with E-state index in [1.54, 1.807) is 0 Å². The van der Waals surface area contributed by atoms with Crippen LogP contribution in [0.5, 0.6) is 57.5 Å². The van der Waals surface area contributed by atoms with Gasteiger partial charge in [0.15, 0.2) is 0 Å². The van der Waals surface area contributed by atoms with Crippen molar-refractivity contribution in [2.75, 3.05) is 158 Å². The Kier molecular flexibility index (Phi) is 43.3. The molecule has 0 bridgehead atoms. The average Bonchev–Trinajstić information content (AvgIpc) is 0.875. The molecule has 0 spiro atoms. The summed E-state index contributed by atoms with van der Waals surface area (Å²) < 4.78 is 131. The van der Waals surface area contributed by atoms with Gasteiger partial charge in [-0.2, -0.15) is 0 Å². The van der Waals surface area contributed by atoms with Crippen LogP contribution in [-0.4, -0.2) is 235 Å². The van der Waals surface area contributed by atoms with Crippen LogP contribution in [0.25, 0.3) is 0 Å². The van der Waals surface area contributed by atoms with Gasteiger partial charge in [-0.3, -0.25) is 4.90 Å². The number of rotatable bonds is 66. The molecule has 0 aliphatic rings. The molecule has 658 valence electrons. The van der Waals surface area contributed by atoms with Crippen LogP contribution in [0.1, 0.15) is 5.56 Å². The SMILES string of the molecule is OCCOC(COc1ccccc1)COC(COc1ccccc1)COC(COc1ccccc1)COC(COc1ccccc1)COC(COc1ccccc1)CN(Cc1ccccc1)CC(COc1ccccc1)OCC(COc1ccccc1)OCC(COc1ccccc1)OCC(COc1ccccc1)OCC(COc1ccccc1)OCCO. The zero-order valence-corrected chi connectivity index (χ0v) is 70.2. The van der Waals surface area contributed by atoms with Crippen LogP contribution >= 0.6 is 0 Å². The van der Waals surface area contributed by atoms with Crippen LogP contribution < -0.4 is 47.4 Å². The predicted octanol–water partition coefficient (Wildman–Crippen LogP) is 15.1. The molecule has 0 fully saturated rings. The monoisotopic (exact) mass is 1700 g/mol. The Balaban J connectivity index is 0.833. The summed E-state index contributed by atoms with van der Waals surface area (Å²) in [5.74, 6) is 6.59. The summed E-state index contributed by atoms with van der Waals surface area (Å²) in [6.07, 6.45) is -6.25. The number of para-hydroxylation sites is 10. The highest BCUT2D eigenvalue weighted by Gasteiger charge is 2.29. The van der Waals surface area contributed by atoms with Crippen molar-refractivity contribution in [3.8, 4) is 57.5 Å². The zero-order chi connectivity index (χ0) is 85.4. The Labute approximate surface area is 728 Å². The number of hydrogen-bond donors (Lipinski definition) is 2. The van der Waals surface area contributed by atoms with Gasteiger partial charge < -0.3 is 105 Å². The third kappa shape index (κ3) is 38.3. The summed E-state index contributed by atoms with van der Waals surface area (Å²) in [5, 5.41) is 19.7. The van der Waals surface area contributed by atoms with Gasteiger partial charge in [0.2, 0.25) is 0 Å². The van der Waals surface area contributed by atoms with Crippen LogP contribution in [0, 0.1) is 0 Å². The predicted molar refractivity (Wildman–Crippen MR) is 473 cm³/mol. The number of aliphatic hydroxyl groups excluding tert-OH is 2. The molecule has 0 aliphatic heterocycles. The van der Waals surface area contributed by atoms with E-state index < -0.39 is 61.0 Å². The van der Waals surface area contributed by atoms with Gasteiger partial charge in [0.25, 0.3) is 0 Å². The molecule has 10 atom stereocenters. The first-order valence-electron chi connectivity index (χ1n) is 42.3. The fourth-order valence-electron chi connectivity index (χ4n) is 12.5. The Bertz CT molecular complexity index is 4150. The topological polar surface area (TPSA) is 228 Å². The molecule has 10 unspecified atom stereocenters. The van der Waals surface area contributed by atoms with E-state index in [2.05, 4.69) is 17.0 Å². The fraction of sp³-hybridized carbons (Fsp3) is 0.347. The van der Waals surface area contributed by atoms with Crippen LogP contribution in [0.3, 0.4) is 0 Å². The lowest BCUT2D eigenvalue weighted by Crippen LogP contribution is -2.45. The number of aliphatic hydroxyl groups is 2. The second-order valence-electron chi connectivity index (χ2n) is 29.0. The lowest BCUT2D eigenvalue weighted by Gasteiger charge is -2.32. The molecule has 124 heavy (non-hydrogen) atoms. The zero-order valence-electron chi connectivity index (χ0n) is 70.2. The molecule has 23 heteroatoms. The minimum absolute atomic E-state index is 0.0387. The van der Waals surface area contributed by atoms with Gasteiger partial charge in [-0.25, -0.2) is 0 Å². The summed E-state index contributed by atoms with van der Waals surface area (Å²) in [4.78, 5) is 2.30. The molecule has 11 rings (SSSR count). The van der Waals surface area contributed by atoms with Gasteiger partial charge >= 0.3 is 0 Å². The summed E-state index contributed by atoms with van der Waals surface area (Å²) in [5.41, 5.74) is 1.05. The third-order valence-electron chi connectivity index (χ3n) is 19.0. The summed E-state index contributed by atoms with van der Waals surface area (Å²) >= 11 is 0. The molecule has 0 aromatic heterocycles. The molecular weight excluding hydrogens is 1580 g/mol. The van der Waals surface area contributed by atoms with Crippen molar-refractivity contribution in [1.82, 2.24) is 4.90 Å². The second-order valence-corrected chi connectivity index (χ2v) is 29.0. The van der Waals surface area contributed by atoms with Crippen LogP contribution in [0.2, 0.25) is 0 Å². The van der Waals surface area contributed by atoms with E-state index in [9.17, 15) is 10.2 Å². The number of ether oxygens (including phenoxy) is 20. The quantitative estimate of drug-likeness (QED) is 0.0361. The van der Waals surface area contributed by atoms with Crippen molar-refractivity contribution in [2.24, 2.45) is 0 Å². The lowest BCUT2D eigenvalue weighted by atomic mass is 10.2. The first kappa shape index (κ1) is 93.6. The Hall–Kier alpha value is -11.1. The summed E-state index contributed by atoms with van der Waals surface area (Å²) in [6, 6.07) is 106. The number of benzene rings is 11. The van der Waals surface area contributed by atoms with Crippen LogP contribution in [0.15, 0.2) is 334 Å². The molecule has 0 saturated carbocycles. The molecule has 0 radical (unpaired) electrons. The molecule has 0 heterocycles. The van der Waals surface area contributed by atoms with E-state index in [-0.39, 0.29) is 145 Å². The Morgan fingerprint density at radius 3 is 0.484 bits per heavy atom. The minimum atomic E-state index is -0.683. The second kappa shape index (κ2) is 57.4. The fourth-order valence-corrected chi connectivity index (χ4v) is 12.5. The van der Waals surface area contributed by atoms with Crippen LogP contribution in [-0.2, 0) is 53.9 Å². The maximum Gasteiger partial charge on any atom is 0.119 e. The van der Waals surface area contributed by atoms with Crippen molar-refractivity contribution in [3.05, 3.63) is 339 Å². The van der Waals surface area contributed by atoms with E-state index in [0.717, 1.165) is 5.56 Å². The van der Waals surface area contributed by atoms with Crippen LogP contribution in [0.4, 0.5) is 0 Å². The molecule has 0 saturated heterocycles. The number of nitrogens with zero attached hydrogens (tertiary/aromatic N) is 1. The van der Waals surface area contributed by atoms with Gasteiger partial charge in [-0.1, -0.05) is 212 Å². The lowest BCUT2D eigenvalue weighted by molar-refractivity contribution is -0.133. The highest BCUT2D eigenvalue weighted by Crippen LogP contribution is 2.23. The first-order chi connectivity index (χ1) is 61.4. The molecule has 0 aliphatic carbocycles. The highest BCUT2D eigenvalue weighted by molar-refractivity contribution is 5.28. The van der Waals surface area contributed by atoms with E-state index in [1.165, 1.54) is 0 Å². The van der Waals surface area contributed by atoms with Crippen molar-refractivity contribution in [1.29, 1.82) is 0 Å². The molecule has 23 nitrogen and oxygen atoms in total. The van der Waals surface area contributed by atoms with Gasteiger partial charge in [0.05, 0.1) is 79.3 Å². The maximum atomic E-state index is 9.83. The smallest absolute Gasteiger partial charge is 0.119 e. The largest absolute Gasteiger partial charge is 0.491 e. The Morgan fingerprint density at radius 2 is 0.315 bits per heavy atom. The van der Waals surface area contributed by atoms with Crippen molar-refractivity contribution >= 4 is 0 Å². The molecule has 2 N–H and O–H groups in total. The van der Waals surface area contributed by atoms with Gasteiger partial charge in [0, 0.05) is 19.6 Å². The Morgan fingerprint density at radius 1 is 0.169 bits per heavy atom. The van der Waals surface area contributed by atoms with Gasteiger partial charge in [-0.15, -0.1) is 0 Å². The third-order valence-corrected chi connectivity index (χ3v) is 19.0. The molecule has 0 amide bonds. The maximum absolute atomic E-state index is 9.83. The van der Waals surface area contributed by atoms with Crippen molar-refractivity contribution < 1.29 is 105 Å². The average molecular weight is 1700 g/mol. The molecule has 11 aromatic rings. The van der Waals surface area contributed by atoms with E-state index >= 15 is 0 Å². The first-order valence-corrected chi connectivity index (χ1v) is 42.3. The normalized spacial score (nSPS) is 13.8. The standard InChI is InChI=1S/C101H117NO22/c103-56-58-105-94(65-109-84-40-18-4-19-41-84)67-119-98(71-113-88-48-26-8-27-49-88)77-123-100(73-115-90-52-30-10-31-53-90)79-121-96(69-111-86-44-22-6-23-45-86)75-117-92(63-107-82-36-14-2-15-37-82)61-102(60-81-34-12-1-13-35-81)62-93(64-108-83-38-16-3-17-39-83)118-76-97(70-112-87-46-24-7-25-47-87)122-80-101(74-116-91-54-32-11-33-55-91)124-78-99(72-114-89-50-28-9-29-51-89)120-68-95(106-59-57-104)66-110-85-42-20-5-21-43-85/h1-55,92-101,103-104H,56-80H2. The van der Waals surface area contributed by atoms with E-state index in [4.69, 9.17) is 94.7 Å². The van der Waals surface area contributed by atoms with Gasteiger partial charge in [0.1, 0.15) is 185 Å². The van der Waals surface area contributed by atoms with E-state index in [0.29, 0.717) is 77.1 Å². The van der Waals surface area contributed by atoms with Crippen molar-refractivity contribution in [2.45, 2.75) is 67.6 Å². The molecular formula is C101H117NO22.